The first-order valence-electron chi connectivity index (χ1n) is 4.58. The molecule has 1 N–H and O–H groups in total. The molecule has 106 valence electrons. The summed E-state index contributed by atoms with van der Waals surface area (Å²) in [6, 6.07) is 1.94. The molecule has 0 radical (unpaired) electrons. The molecule has 0 fully saturated rings. The summed E-state index contributed by atoms with van der Waals surface area (Å²) in [5.41, 5.74) is 0.424. The fourth-order valence-corrected chi connectivity index (χ4v) is 4.92. The number of carbonyl (C=O) groups excluding carboxylic acids is 1. The van der Waals surface area contributed by atoms with Crippen molar-refractivity contribution in [2.75, 3.05) is 12.4 Å². The van der Waals surface area contributed by atoms with Crippen molar-refractivity contribution in [1.82, 2.24) is 0 Å². The highest BCUT2D eigenvalue weighted by molar-refractivity contribution is 14.1. The normalized spacial score (nSPS) is 11.4. The molecule has 0 saturated heterocycles. The Morgan fingerprint density at radius 2 is 1.63 bits per heavy atom. The Hall–Kier alpha value is 1.52. The molecule has 0 aliphatic carbocycles. The van der Waals surface area contributed by atoms with Gasteiger partial charge in [-0.25, -0.2) is 4.79 Å². The lowest BCUT2D eigenvalue weighted by Crippen LogP contribution is -2.17. The van der Waals surface area contributed by atoms with E-state index in [1.807, 2.05) is 51.2 Å². The maximum atomic E-state index is 12.0. The molecule has 0 aliphatic rings. The third-order valence-corrected chi connectivity index (χ3v) is 8.58. The van der Waals surface area contributed by atoms with Gasteiger partial charge in [0.1, 0.15) is 12.4 Å². The predicted molar refractivity (Wildman–Crippen MR) is 104 cm³/mol. The maximum absolute atomic E-state index is 12.0. The molecule has 0 saturated carbocycles. The summed E-state index contributed by atoms with van der Waals surface area (Å²) in [5, 5.41) is 0. The van der Waals surface area contributed by atoms with E-state index >= 15 is 0 Å². The molecule has 0 atom stereocenters. The molecule has 1 aromatic rings. The first kappa shape index (κ1) is 18.6. The van der Waals surface area contributed by atoms with Crippen LogP contribution >= 0.6 is 90.4 Å². The molecule has 0 unspecified atom stereocenters. The number of hydrogen-bond donors (Lipinski definition) is 1. The second-order valence-corrected chi connectivity index (χ2v) is 9.32. The fourth-order valence-electron chi connectivity index (χ4n) is 1.06. The van der Waals surface area contributed by atoms with E-state index in [-0.39, 0.29) is 6.61 Å². The lowest BCUT2D eigenvalue weighted by molar-refractivity contribution is 0.0525. The SMILES string of the molecule is O=C(OCCS(=O)(=O)O)c1c(I)c(I)cc(I)c1I. The minimum Gasteiger partial charge on any atom is -0.461 e. The Kier molecular flexibility index (Phi) is 7.51. The highest BCUT2D eigenvalue weighted by Crippen LogP contribution is 2.29. The zero-order chi connectivity index (χ0) is 14.8. The molecule has 0 bridgehead atoms. The van der Waals surface area contributed by atoms with E-state index in [0.29, 0.717) is 5.56 Å². The van der Waals surface area contributed by atoms with Crippen molar-refractivity contribution in [3.8, 4) is 0 Å². The summed E-state index contributed by atoms with van der Waals surface area (Å²) in [6.45, 7) is -0.369. The zero-order valence-corrected chi connectivity index (χ0v) is 18.4. The van der Waals surface area contributed by atoms with Gasteiger partial charge in [-0.05, 0) is 96.4 Å². The molecule has 0 spiro atoms. The predicted octanol–water partition coefficient (Wildman–Crippen LogP) is 3.15. The second-order valence-electron chi connectivity index (χ2n) is 3.27. The first-order valence-corrected chi connectivity index (χ1v) is 10.5. The van der Waals surface area contributed by atoms with E-state index < -0.39 is 21.8 Å². The largest absolute Gasteiger partial charge is 0.461 e. The van der Waals surface area contributed by atoms with Gasteiger partial charge in [-0.1, -0.05) is 0 Å². The molecule has 0 heterocycles. The molecule has 0 aromatic heterocycles. The Morgan fingerprint density at radius 1 is 1.16 bits per heavy atom. The van der Waals surface area contributed by atoms with E-state index in [0.717, 1.165) is 14.3 Å². The van der Waals surface area contributed by atoms with Crippen molar-refractivity contribution < 1.29 is 22.5 Å². The van der Waals surface area contributed by atoms with Crippen molar-refractivity contribution in [2.24, 2.45) is 0 Å². The van der Waals surface area contributed by atoms with Crippen molar-refractivity contribution in [2.45, 2.75) is 0 Å². The van der Waals surface area contributed by atoms with Crippen LogP contribution in [0.25, 0.3) is 0 Å². The molecule has 10 heteroatoms. The second kappa shape index (κ2) is 7.68. The van der Waals surface area contributed by atoms with Gasteiger partial charge in [-0.2, -0.15) is 8.42 Å². The van der Waals surface area contributed by atoms with E-state index in [1.165, 1.54) is 0 Å². The van der Waals surface area contributed by atoms with Crippen LogP contribution in [0, 0.1) is 14.3 Å². The van der Waals surface area contributed by atoms with E-state index in [2.05, 4.69) is 45.2 Å². The number of hydrogen-bond acceptors (Lipinski definition) is 4. The molecule has 1 aromatic carbocycles. The highest BCUT2D eigenvalue weighted by Gasteiger charge is 2.20. The summed E-state index contributed by atoms with van der Waals surface area (Å²) < 4.78 is 37.9. The molecular weight excluding hydrogens is 728 g/mol. The molecule has 0 aliphatic heterocycles. The molecule has 0 amide bonds. The average Bonchev–Trinajstić information content (AvgIpc) is 2.25. The first-order chi connectivity index (χ1) is 8.63. The van der Waals surface area contributed by atoms with Crippen LogP contribution in [0.5, 0.6) is 0 Å². The molecule has 5 nitrogen and oxygen atoms in total. The lowest BCUT2D eigenvalue weighted by Gasteiger charge is -2.10. The van der Waals surface area contributed by atoms with E-state index in [9.17, 15) is 13.2 Å². The third-order valence-electron chi connectivity index (χ3n) is 1.89. The monoisotopic (exact) mass is 734 g/mol. The van der Waals surface area contributed by atoms with Crippen LogP contribution in [0.1, 0.15) is 10.4 Å². The van der Waals surface area contributed by atoms with E-state index in [4.69, 9.17) is 9.29 Å². The lowest BCUT2D eigenvalue weighted by atomic mass is 10.2. The fraction of sp³-hybridized carbons (Fsp3) is 0.222. The number of benzene rings is 1. The number of rotatable bonds is 4. The van der Waals surface area contributed by atoms with Crippen molar-refractivity contribution in [3.63, 3.8) is 0 Å². The standard InChI is InChI=1S/C9H6I4O5S/c10-4-3-5(11)8(13)6(7(4)12)9(14)18-1-2-19(15,16)17/h3H,1-2H2,(H,15,16,17). The summed E-state index contributed by atoms with van der Waals surface area (Å²) in [4.78, 5) is 12.0. The van der Waals surface area contributed by atoms with Gasteiger partial charge < -0.3 is 4.74 Å². The van der Waals surface area contributed by atoms with Crippen LogP contribution in [0.4, 0.5) is 0 Å². The van der Waals surface area contributed by atoms with Crippen LogP contribution in [0.2, 0.25) is 0 Å². The highest BCUT2D eigenvalue weighted by atomic mass is 127. The molecule has 19 heavy (non-hydrogen) atoms. The Balaban J connectivity index is 2.95. The molecule has 1 rings (SSSR count). The van der Waals surface area contributed by atoms with Gasteiger partial charge in [-0.3, -0.25) is 4.55 Å². The minimum atomic E-state index is -4.12. The van der Waals surface area contributed by atoms with Crippen LogP contribution in [-0.4, -0.2) is 31.3 Å². The van der Waals surface area contributed by atoms with Crippen molar-refractivity contribution in [1.29, 1.82) is 0 Å². The maximum Gasteiger partial charge on any atom is 0.340 e. The Bertz CT molecular complexity index is 587. The minimum absolute atomic E-state index is 0.369. The van der Waals surface area contributed by atoms with Crippen molar-refractivity contribution >= 4 is 106 Å². The number of ether oxygens (including phenoxy) is 1. The average molecular weight is 734 g/mol. The van der Waals surface area contributed by atoms with Gasteiger partial charge in [0.25, 0.3) is 10.1 Å². The van der Waals surface area contributed by atoms with Gasteiger partial charge in [-0.15, -0.1) is 0 Å². The van der Waals surface area contributed by atoms with Crippen LogP contribution in [0.3, 0.4) is 0 Å². The van der Waals surface area contributed by atoms with E-state index in [1.54, 1.807) is 0 Å². The Morgan fingerprint density at radius 3 is 2.05 bits per heavy atom. The van der Waals surface area contributed by atoms with Crippen LogP contribution in [-0.2, 0) is 14.9 Å². The number of halogens is 4. The molecular formula is C9H6I4O5S. The third kappa shape index (κ3) is 5.67. The Labute approximate surface area is 164 Å². The summed E-state index contributed by atoms with van der Waals surface area (Å²) >= 11 is 8.33. The van der Waals surface area contributed by atoms with Gasteiger partial charge >= 0.3 is 5.97 Å². The van der Waals surface area contributed by atoms with Gasteiger partial charge in [0, 0.05) is 14.3 Å². The van der Waals surface area contributed by atoms with Crippen LogP contribution < -0.4 is 0 Å². The van der Waals surface area contributed by atoms with Crippen molar-refractivity contribution in [3.05, 3.63) is 25.9 Å². The summed E-state index contributed by atoms with van der Waals surface area (Å²) in [7, 11) is -4.12. The topological polar surface area (TPSA) is 80.7 Å². The zero-order valence-electron chi connectivity index (χ0n) is 8.99. The van der Waals surface area contributed by atoms with Gasteiger partial charge in [0.05, 0.1) is 5.56 Å². The number of esters is 1. The number of carbonyl (C=O) groups is 1. The summed E-state index contributed by atoms with van der Waals surface area (Å²) in [6.07, 6.45) is 0. The van der Waals surface area contributed by atoms with Gasteiger partial charge in [0.15, 0.2) is 0 Å². The summed E-state index contributed by atoms with van der Waals surface area (Å²) in [5.74, 6) is -1.19. The van der Waals surface area contributed by atoms with Gasteiger partial charge in [0.2, 0.25) is 0 Å². The smallest absolute Gasteiger partial charge is 0.340 e. The quantitative estimate of drug-likeness (QED) is 0.223. The van der Waals surface area contributed by atoms with Crippen LogP contribution in [0.15, 0.2) is 6.07 Å².